The number of rotatable bonds is 7. The highest BCUT2D eigenvalue weighted by atomic mass is 32.1. The van der Waals surface area contributed by atoms with E-state index in [4.69, 9.17) is 12.2 Å². The predicted octanol–water partition coefficient (Wildman–Crippen LogP) is 1.79. The van der Waals surface area contributed by atoms with Crippen LogP contribution in [0.2, 0.25) is 0 Å². The molecule has 3 nitrogen and oxygen atoms in total. The Hall–Kier alpha value is -0.740. The van der Waals surface area contributed by atoms with Crippen LogP contribution in [0.15, 0.2) is 4.79 Å². The summed E-state index contributed by atoms with van der Waals surface area (Å²) in [6, 6.07) is 0. The monoisotopic (exact) mass is 240 g/mol. The second-order valence-electron chi connectivity index (χ2n) is 4.16. The summed E-state index contributed by atoms with van der Waals surface area (Å²) in [5, 5.41) is 3.34. The molecule has 0 saturated carbocycles. The second kappa shape index (κ2) is 6.11. The molecular weight excluding hydrogens is 220 g/mol. The van der Waals surface area contributed by atoms with Crippen molar-refractivity contribution in [2.45, 2.75) is 26.7 Å². The maximum absolute atomic E-state index is 11.5. The van der Waals surface area contributed by atoms with Crippen molar-refractivity contribution in [3.05, 3.63) is 20.3 Å². The standard InChI is InChI=1S/C12H20N2OS/c1-4-6-13-7-5-8-14(3)10-9(2)12(16)11(10)15/h13H,4-8H2,1-3H3. The first-order chi connectivity index (χ1) is 7.59. The van der Waals surface area contributed by atoms with Crippen LogP contribution in [0.25, 0.3) is 0 Å². The van der Waals surface area contributed by atoms with E-state index in [9.17, 15) is 4.79 Å². The van der Waals surface area contributed by atoms with Gasteiger partial charge in [-0.1, -0.05) is 19.1 Å². The quantitative estimate of drug-likeness (QED) is 0.582. The number of nitrogens with zero attached hydrogens (tertiary/aromatic N) is 1. The number of nitrogens with one attached hydrogen (secondary N) is 1. The van der Waals surface area contributed by atoms with Crippen molar-refractivity contribution in [2.75, 3.05) is 31.6 Å². The summed E-state index contributed by atoms with van der Waals surface area (Å²) in [4.78, 5) is 13.5. The van der Waals surface area contributed by atoms with Crippen LogP contribution in [0, 0.1) is 11.4 Å². The predicted molar refractivity (Wildman–Crippen MR) is 71.7 cm³/mol. The molecule has 4 heteroatoms. The molecule has 0 aliphatic rings. The lowest BCUT2D eigenvalue weighted by molar-refractivity contribution is 0.636. The summed E-state index contributed by atoms with van der Waals surface area (Å²) in [5.41, 5.74) is 1.82. The third-order valence-electron chi connectivity index (χ3n) is 2.77. The maximum atomic E-state index is 11.5. The average Bonchev–Trinajstić information content (AvgIpc) is 2.28. The van der Waals surface area contributed by atoms with Crippen molar-refractivity contribution in [1.29, 1.82) is 0 Å². The Morgan fingerprint density at radius 2 is 2.06 bits per heavy atom. The van der Waals surface area contributed by atoms with Gasteiger partial charge in [0.15, 0.2) is 0 Å². The molecule has 0 aliphatic carbocycles. The van der Waals surface area contributed by atoms with Gasteiger partial charge in [-0.2, -0.15) is 0 Å². The zero-order valence-electron chi connectivity index (χ0n) is 10.3. The summed E-state index contributed by atoms with van der Waals surface area (Å²) < 4.78 is 0.506. The molecule has 0 aliphatic heterocycles. The van der Waals surface area contributed by atoms with E-state index in [2.05, 4.69) is 12.2 Å². The number of hydrogen-bond donors (Lipinski definition) is 1. The van der Waals surface area contributed by atoms with Crippen molar-refractivity contribution in [2.24, 2.45) is 0 Å². The van der Waals surface area contributed by atoms with E-state index < -0.39 is 0 Å². The Morgan fingerprint density at radius 3 is 2.62 bits per heavy atom. The van der Waals surface area contributed by atoms with Gasteiger partial charge in [0.25, 0.3) is 0 Å². The highest BCUT2D eigenvalue weighted by molar-refractivity contribution is 7.71. The molecule has 0 saturated heterocycles. The average molecular weight is 240 g/mol. The van der Waals surface area contributed by atoms with Gasteiger partial charge in [0.2, 0.25) is 5.43 Å². The van der Waals surface area contributed by atoms with E-state index >= 15 is 0 Å². The molecule has 0 aromatic heterocycles. The molecule has 16 heavy (non-hydrogen) atoms. The van der Waals surface area contributed by atoms with E-state index in [0.717, 1.165) is 43.7 Å². The fraction of sp³-hybridized carbons (Fsp3) is 0.667. The molecule has 1 rings (SSSR count). The number of anilines is 1. The molecule has 0 unspecified atom stereocenters. The molecule has 1 aromatic rings. The van der Waals surface area contributed by atoms with Gasteiger partial charge in [0.1, 0.15) is 0 Å². The van der Waals surface area contributed by atoms with Crippen molar-refractivity contribution in [3.8, 4) is 0 Å². The van der Waals surface area contributed by atoms with E-state index in [-0.39, 0.29) is 5.43 Å². The van der Waals surface area contributed by atoms with E-state index in [1.54, 1.807) is 0 Å². The highest BCUT2D eigenvalue weighted by Gasteiger charge is 2.16. The zero-order valence-corrected chi connectivity index (χ0v) is 11.1. The van der Waals surface area contributed by atoms with Gasteiger partial charge in [-0.3, -0.25) is 4.79 Å². The van der Waals surface area contributed by atoms with Crippen LogP contribution in [0.3, 0.4) is 0 Å². The van der Waals surface area contributed by atoms with Crippen LogP contribution in [-0.2, 0) is 0 Å². The smallest absolute Gasteiger partial charge is 0.220 e. The topological polar surface area (TPSA) is 32.3 Å². The minimum Gasteiger partial charge on any atom is -0.371 e. The van der Waals surface area contributed by atoms with Gasteiger partial charge in [-0.15, -0.1) is 0 Å². The minimum absolute atomic E-state index is 0.0384. The van der Waals surface area contributed by atoms with Crippen LogP contribution in [-0.4, -0.2) is 26.7 Å². The third-order valence-corrected chi connectivity index (χ3v) is 3.26. The van der Waals surface area contributed by atoms with Gasteiger partial charge in [-0.25, -0.2) is 0 Å². The van der Waals surface area contributed by atoms with Gasteiger partial charge in [0, 0.05) is 13.6 Å². The normalized spacial score (nSPS) is 10.9. The Bertz CT molecular complexity index is 407. The Labute approximate surface area is 102 Å². The van der Waals surface area contributed by atoms with Crippen molar-refractivity contribution in [1.82, 2.24) is 5.32 Å². The lowest BCUT2D eigenvalue weighted by Crippen LogP contribution is -2.31. The molecule has 0 spiro atoms. The van der Waals surface area contributed by atoms with Gasteiger partial charge in [-0.05, 0) is 38.4 Å². The maximum Gasteiger partial charge on any atom is 0.220 e. The first kappa shape index (κ1) is 13.3. The first-order valence-electron chi connectivity index (χ1n) is 5.81. The lowest BCUT2D eigenvalue weighted by Gasteiger charge is -2.22. The van der Waals surface area contributed by atoms with Crippen molar-refractivity contribution >= 4 is 17.9 Å². The first-order valence-corrected chi connectivity index (χ1v) is 6.22. The summed E-state index contributed by atoms with van der Waals surface area (Å²) in [5.74, 6) is 0. The molecule has 0 fully saturated rings. The fourth-order valence-corrected chi connectivity index (χ4v) is 2.00. The van der Waals surface area contributed by atoms with E-state index in [1.165, 1.54) is 0 Å². The largest absolute Gasteiger partial charge is 0.371 e. The molecular formula is C12H20N2OS. The summed E-state index contributed by atoms with van der Waals surface area (Å²) in [7, 11) is 1.96. The Balaban J connectivity index is 2.34. The molecule has 1 aromatic carbocycles. The number of hydrogen-bond acceptors (Lipinski definition) is 4. The van der Waals surface area contributed by atoms with Gasteiger partial charge in [0.05, 0.1) is 10.2 Å². The molecule has 0 heterocycles. The molecule has 0 amide bonds. The summed E-state index contributed by atoms with van der Waals surface area (Å²) in [6.07, 6.45) is 2.21. The molecule has 0 bridgehead atoms. The summed E-state index contributed by atoms with van der Waals surface area (Å²) >= 11 is 4.95. The third kappa shape index (κ3) is 2.89. The molecule has 90 valence electrons. The van der Waals surface area contributed by atoms with Crippen LogP contribution in [0.5, 0.6) is 0 Å². The van der Waals surface area contributed by atoms with Gasteiger partial charge < -0.3 is 10.2 Å². The van der Waals surface area contributed by atoms with Crippen LogP contribution in [0.4, 0.5) is 5.69 Å². The second-order valence-corrected chi connectivity index (χ2v) is 4.57. The Morgan fingerprint density at radius 1 is 1.38 bits per heavy atom. The molecule has 1 N–H and O–H groups in total. The molecule has 0 radical (unpaired) electrons. The summed E-state index contributed by atoms with van der Waals surface area (Å²) in [6.45, 7) is 7.04. The van der Waals surface area contributed by atoms with E-state index in [0.29, 0.717) is 4.51 Å². The van der Waals surface area contributed by atoms with E-state index in [1.807, 2.05) is 18.9 Å². The lowest BCUT2D eigenvalue weighted by atomic mass is 10.1. The molecule has 0 atom stereocenters. The van der Waals surface area contributed by atoms with Crippen molar-refractivity contribution in [3.63, 3.8) is 0 Å². The zero-order chi connectivity index (χ0) is 12.1. The SMILES string of the molecule is CCCNCCCN(C)c1c(C)c(=S)c1=O. The van der Waals surface area contributed by atoms with Gasteiger partial charge >= 0.3 is 0 Å². The van der Waals surface area contributed by atoms with Crippen molar-refractivity contribution < 1.29 is 0 Å². The Kier molecular flexibility index (Phi) is 5.09. The van der Waals surface area contributed by atoms with Crippen LogP contribution in [0.1, 0.15) is 25.3 Å². The fourth-order valence-electron chi connectivity index (χ4n) is 1.81. The minimum atomic E-state index is 0.0384. The highest BCUT2D eigenvalue weighted by Crippen LogP contribution is 2.18. The van der Waals surface area contributed by atoms with Crippen LogP contribution < -0.4 is 15.6 Å². The van der Waals surface area contributed by atoms with Crippen LogP contribution >= 0.6 is 12.2 Å².